The molecule has 0 aromatic rings. The molecule has 136 valence electrons. The molecular formula is C16H22N4O3S2. The van der Waals surface area contributed by atoms with Crippen molar-refractivity contribution in [3.63, 3.8) is 0 Å². The highest BCUT2D eigenvalue weighted by Gasteiger charge is 2.41. The van der Waals surface area contributed by atoms with Crippen LogP contribution in [0.25, 0.3) is 0 Å². The lowest BCUT2D eigenvalue weighted by Gasteiger charge is -2.33. The number of allylic oxidation sites excluding steroid dienone is 1. The summed E-state index contributed by atoms with van der Waals surface area (Å²) in [6.45, 7) is 4.43. The lowest BCUT2D eigenvalue weighted by atomic mass is 9.98. The molecule has 3 aliphatic heterocycles. The van der Waals surface area contributed by atoms with E-state index in [2.05, 4.69) is 14.9 Å². The summed E-state index contributed by atoms with van der Waals surface area (Å²) in [6.07, 6.45) is 3.19. The number of thioether (sulfide) groups is 1. The Morgan fingerprint density at radius 3 is 2.64 bits per heavy atom. The van der Waals surface area contributed by atoms with Crippen LogP contribution in [0.15, 0.2) is 20.5 Å². The highest BCUT2D eigenvalue weighted by Crippen LogP contribution is 2.48. The van der Waals surface area contributed by atoms with Crippen LogP contribution in [0.2, 0.25) is 0 Å². The zero-order valence-corrected chi connectivity index (χ0v) is 15.9. The Balaban J connectivity index is 1.39. The third-order valence-electron chi connectivity index (χ3n) is 5.21. The molecule has 4 rings (SSSR count). The average Bonchev–Trinajstić information content (AvgIpc) is 3.15. The first-order chi connectivity index (χ1) is 12.0. The zero-order chi connectivity index (χ0) is 17.6. The number of carbonyl (C=O) groups excluding carboxylic acids is 1. The SMILES string of the molecule is CCS(=O)(=O)N1CCN(CC2=NC(=O)C3C(=N2)SC2=C3CCC2)CC1. The molecule has 1 amide bonds. The van der Waals surface area contributed by atoms with Crippen LogP contribution < -0.4 is 0 Å². The monoisotopic (exact) mass is 382 g/mol. The lowest BCUT2D eigenvalue weighted by Crippen LogP contribution is -2.50. The zero-order valence-electron chi connectivity index (χ0n) is 14.3. The van der Waals surface area contributed by atoms with Gasteiger partial charge in [-0.3, -0.25) is 9.69 Å². The van der Waals surface area contributed by atoms with Crippen LogP contribution in [0.4, 0.5) is 0 Å². The van der Waals surface area contributed by atoms with E-state index >= 15 is 0 Å². The van der Waals surface area contributed by atoms with Crippen molar-refractivity contribution in [3.05, 3.63) is 10.5 Å². The van der Waals surface area contributed by atoms with Crippen LogP contribution in [-0.4, -0.2) is 72.9 Å². The van der Waals surface area contributed by atoms with Gasteiger partial charge < -0.3 is 0 Å². The molecule has 0 bridgehead atoms. The van der Waals surface area contributed by atoms with Crippen LogP contribution in [0.5, 0.6) is 0 Å². The molecule has 1 saturated heterocycles. The van der Waals surface area contributed by atoms with E-state index < -0.39 is 10.0 Å². The topological polar surface area (TPSA) is 82.4 Å². The van der Waals surface area contributed by atoms with E-state index in [1.165, 1.54) is 10.5 Å². The molecule has 25 heavy (non-hydrogen) atoms. The van der Waals surface area contributed by atoms with E-state index in [1.54, 1.807) is 23.0 Å². The second-order valence-electron chi connectivity index (χ2n) is 6.73. The Bertz CT molecular complexity index is 792. The predicted molar refractivity (Wildman–Crippen MR) is 99.3 cm³/mol. The standard InChI is InChI=1S/C16H22N4O3S2/c1-2-25(22,23)20-8-6-19(7-9-20)10-13-17-15(21)14-11-4-3-5-12(11)24-16(14)18-13/h14H,2-10H2,1H3. The predicted octanol–water partition coefficient (Wildman–Crippen LogP) is 1.09. The summed E-state index contributed by atoms with van der Waals surface area (Å²) in [6, 6.07) is 0. The summed E-state index contributed by atoms with van der Waals surface area (Å²) in [5.74, 6) is 0.416. The van der Waals surface area contributed by atoms with Gasteiger partial charge >= 0.3 is 0 Å². The molecule has 4 aliphatic rings. The van der Waals surface area contributed by atoms with Crippen LogP contribution in [0.3, 0.4) is 0 Å². The van der Waals surface area contributed by atoms with E-state index in [9.17, 15) is 13.2 Å². The Morgan fingerprint density at radius 1 is 1.16 bits per heavy atom. The number of fused-ring (bicyclic) bond motifs is 2. The molecular weight excluding hydrogens is 360 g/mol. The van der Waals surface area contributed by atoms with Crippen LogP contribution in [-0.2, 0) is 14.8 Å². The van der Waals surface area contributed by atoms with Gasteiger partial charge in [0.25, 0.3) is 5.91 Å². The van der Waals surface area contributed by atoms with Gasteiger partial charge in [0.05, 0.1) is 17.3 Å². The molecule has 3 heterocycles. The summed E-state index contributed by atoms with van der Waals surface area (Å²) >= 11 is 1.66. The van der Waals surface area contributed by atoms with E-state index in [1.807, 2.05) is 0 Å². The number of rotatable bonds is 4. The first kappa shape index (κ1) is 17.4. The van der Waals surface area contributed by atoms with Crippen molar-refractivity contribution in [2.45, 2.75) is 26.2 Å². The average molecular weight is 383 g/mol. The summed E-state index contributed by atoms with van der Waals surface area (Å²) in [5.41, 5.74) is 1.25. The first-order valence-electron chi connectivity index (χ1n) is 8.78. The van der Waals surface area contributed by atoms with E-state index in [4.69, 9.17) is 0 Å². The van der Waals surface area contributed by atoms with Gasteiger partial charge in [-0.2, -0.15) is 9.30 Å². The summed E-state index contributed by atoms with van der Waals surface area (Å²) in [5, 5.41) is 0.895. The van der Waals surface area contributed by atoms with Gasteiger partial charge in [0.1, 0.15) is 11.8 Å². The minimum Gasteiger partial charge on any atom is -0.293 e. The van der Waals surface area contributed by atoms with Gasteiger partial charge in [-0.15, -0.1) is 0 Å². The number of amidine groups is 1. The van der Waals surface area contributed by atoms with Gasteiger partial charge in [0.15, 0.2) is 0 Å². The molecule has 0 N–H and O–H groups in total. The van der Waals surface area contributed by atoms with Crippen molar-refractivity contribution in [2.75, 3.05) is 38.5 Å². The van der Waals surface area contributed by atoms with Crippen molar-refractivity contribution < 1.29 is 13.2 Å². The minimum absolute atomic E-state index is 0.0772. The van der Waals surface area contributed by atoms with Crippen molar-refractivity contribution in [3.8, 4) is 0 Å². The minimum atomic E-state index is -3.12. The van der Waals surface area contributed by atoms with Gasteiger partial charge in [-0.05, 0) is 36.7 Å². The Labute approximate surface area is 152 Å². The number of carbonyl (C=O) groups is 1. The third kappa shape index (κ3) is 3.22. The molecule has 1 atom stereocenters. The fraction of sp³-hybridized carbons (Fsp3) is 0.688. The quantitative estimate of drug-likeness (QED) is 0.727. The number of piperazine rings is 1. The molecule has 0 radical (unpaired) electrons. The maximum atomic E-state index is 12.5. The number of hydrogen-bond acceptors (Lipinski definition) is 6. The molecule has 7 nitrogen and oxygen atoms in total. The highest BCUT2D eigenvalue weighted by atomic mass is 32.2. The number of hydrogen-bond donors (Lipinski definition) is 0. The lowest BCUT2D eigenvalue weighted by molar-refractivity contribution is -0.118. The van der Waals surface area contributed by atoms with Gasteiger partial charge in [-0.1, -0.05) is 11.8 Å². The summed E-state index contributed by atoms with van der Waals surface area (Å²) < 4.78 is 25.4. The Hall–Kier alpha value is -1.03. The Morgan fingerprint density at radius 2 is 1.92 bits per heavy atom. The van der Waals surface area contributed by atoms with Crippen molar-refractivity contribution in [1.82, 2.24) is 9.21 Å². The molecule has 1 aliphatic carbocycles. The summed E-state index contributed by atoms with van der Waals surface area (Å²) in [4.78, 5) is 24.8. The number of sulfonamides is 1. The fourth-order valence-corrected chi connectivity index (χ4v) is 6.25. The maximum absolute atomic E-state index is 12.5. The van der Waals surface area contributed by atoms with Crippen molar-refractivity contribution in [1.29, 1.82) is 0 Å². The molecule has 0 aromatic carbocycles. The van der Waals surface area contributed by atoms with Crippen LogP contribution in [0, 0.1) is 5.92 Å². The Kier molecular flexibility index (Phi) is 4.59. The maximum Gasteiger partial charge on any atom is 0.261 e. The van der Waals surface area contributed by atoms with E-state index in [-0.39, 0.29) is 17.6 Å². The molecule has 0 spiro atoms. The highest BCUT2D eigenvalue weighted by molar-refractivity contribution is 8.17. The van der Waals surface area contributed by atoms with Gasteiger partial charge in [0.2, 0.25) is 10.0 Å². The summed E-state index contributed by atoms with van der Waals surface area (Å²) in [7, 11) is -3.12. The smallest absolute Gasteiger partial charge is 0.261 e. The third-order valence-corrected chi connectivity index (χ3v) is 8.34. The van der Waals surface area contributed by atoms with E-state index in [0.29, 0.717) is 38.6 Å². The first-order valence-corrected chi connectivity index (χ1v) is 11.2. The van der Waals surface area contributed by atoms with Crippen LogP contribution >= 0.6 is 11.8 Å². The molecule has 0 aromatic heterocycles. The molecule has 0 saturated carbocycles. The van der Waals surface area contributed by atoms with Gasteiger partial charge in [-0.25, -0.2) is 13.4 Å². The van der Waals surface area contributed by atoms with Crippen LogP contribution in [0.1, 0.15) is 26.2 Å². The number of amides is 1. The molecule has 9 heteroatoms. The molecule has 1 unspecified atom stereocenters. The molecule has 1 fully saturated rings. The number of nitrogens with zero attached hydrogens (tertiary/aromatic N) is 4. The van der Waals surface area contributed by atoms with E-state index in [0.717, 1.165) is 24.3 Å². The van der Waals surface area contributed by atoms with Gasteiger partial charge in [0, 0.05) is 26.2 Å². The number of aliphatic imine (C=N–C) groups is 2. The van der Waals surface area contributed by atoms with Crippen molar-refractivity contribution in [2.24, 2.45) is 15.9 Å². The largest absolute Gasteiger partial charge is 0.293 e. The second-order valence-corrected chi connectivity index (χ2v) is 10.1. The van der Waals surface area contributed by atoms with Crippen molar-refractivity contribution >= 4 is 38.6 Å². The second kappa shape index (κ2) is 6.61. The normalized spacial score (nSPS) is 28.0. The fourth-order valence-electron chi connectivity index (χ4n) is 3.80.